The Morgan fingerprint density at radius 1 is 1.16 bits per heavy atom. The average molecular weight is 342 g/mol. The van der Waals surface area contributed by atoms with Crippen molar-refractivity contribution >= 4 is 18.0 Å². The number of aromatic nitrogens is 1. The Hall–Kier alpha value is -2.96. The highest BCUT2D eigenvalue weighted by Gasteiger charge is 2.17. The highest BCUT2D eigenvalue weighted by atomic mass is 19.1. The monoisotopic (exact) mass is 342 g/mol. The third kappa shape index (κ3) is 4.32. The molecular formula is C18H19FN4O2. The van der Waals surface area contributed by atoms with E-state index in [1.54, 1.807) is 29.3 Å². The number of hydrogen-bond donors (Lipinski definition) is 1. The molecular weight excluding hydrogens is 323 g/mol. The van der Waals surface area contributed by atoms with E-state index in [9.17, 15) is 14.0 Å². The number of pyridine rings is 1. The normalized spacial score (nSPS) is 14.3. The first-order valence-electron chi connectivity index (χ1n) is 8.09. The van der Waals surface area contributed by atoms with Gasteiger partial charge in [0.05, 0.1) is 0 Å². The number of carbonyl (C=O) groups is 2. The summed E-state index contributed by atoms with van der Waals surface area (Å²) in [6, 6.07) is 9.58. The molecule has 1 aliphatic heterocycles. The van der Waals surface area contributed by atoms with Gasteiger partial charge in [-0.05, 0) is 29.8 Å². The van der Waals surface area contributed by atoms with Crippen molar-refractivity contribution in [1.82, 2.24) is 15.2 Å². The summed E-state index contributed by atoms with van der Waals surface area (Å²) >= 11 is 0. The number of anilines is 1. The summed E-state index contributed by atoms with van der Waals surface area (Å²) in [7, 11) is 0. The molecule has 1 aromatic heterocycles. The van der Waals surface area contributed by atoms with Gasteiger partial charge in [-0.2, -0.15) is 0 Å². The maximum absolute atomic E-state index is 12.9. The van der Waals surface area contributed by atoms with Gasteiger partial charge in [0, 0.05) is 44.6 Å². The van der Waals surface area contributed by atoms with E-state index < -0.39 is 0 Å². The number of carbonyl (C=O) groups excluding carboxylic acids is 2. The molecule has 1 aromatic carbocycles. The Morgan fingerprint density at radius 3 is 2.56 bits per heavy atom. The van der Waals surface area contributed by atoms with Gasteiger partial charge in [-0.1, -0.05) is 12.1 Å². The quantitative estimate of drug-likeness (QED) is 0.835. The number of hydrogen-bond acceptors (Lipinski definition) is 4. The number of amides is 2. The van der Waals surface area contributed by atoms with Crippen LogP contribution in [0.1, 0.15) is 16.1 Å². The van der Waals surface area contributed by atoms with Gasteiger partial charge in [0.15, 0.2) is 0 Å². The molecule has 0 atom stereocenters. The van der Waals surface area contributed by atoms with Crippen LogP contribution in [0.4, 0.5) is 10.1 Å². The van der Waals surface area contributed by atoms with E-state index in [4.69, 9.17) is 0 Å². The number of piperazine rings is 1. The molecule has 130 valence electrons. The van der Waals surface area contributed by atoms with Crippen molar-refractivity contribution in [2.75, 3.05) is 31.1 Å². The first kappa shape index (κ1) is 16.9. The molecule has 1 aliphatic rings. The van der Waals surface area contributed by atoms with E-state index in [0.29, 0.717) is 25.3 Å². The van der Waals surface area contributed by atoms with E-state index in [1.165, 1.54) is 12.1 Å². The van der Waals surface area contributed by atoms with Crippen molar-refractivity contribution in [3.8, 4) is 0 Å². The second-order valence-electron chi connectivity index (χ2n) is 5.84. The maximum atomic E-state index is 12.9. The van der Waals surface area contributed by atoms with Crippen LogP contribution in [0.5, 0.6) is 0 Å². The highest BCUT2D eigenvalue weighted by molar-refractivity contribution is 5.93. The van der Waals surface area contributed by atoms with Gasteiger partial charge in [0.25, 0.3) is 5.91 Å². The maximum Gasteiger partial charge on any atom is 0.270 e. The van der Waals surface area contributed by atoms with Crippen molar-refractivity contribution in [3.05, 3.63) is 59.7 Å². The zero-order chi connectivity index (χ0) is 17.6. The lowest BCUT2D eigenvalue weighted by Gasteiger charge is -2.34. The lowest BCUT2D eigenvalue weighted by molar-refractivity contribution is -0.118. The summed E-state index contributed by atoms with van der Waals surface area (Å²) in [4.78, 5) is 31.1. The van der Waals surface area contributed by atoms with Crippen LogP contribution in [0.2, 0.25) is 0 Å². The van der Waals surface area contributed by atoms with Crippen LogP contribution >= 0.6 is 0 Å². The van der Waals surface area contributed by atoms with Gasteiger partial charge in [-0.3, -0.25) is 14.6 Å². The Labute approximate surface area is 145 Å². The molecule has 0 bridgehead atoms. The van der Waals surface area contributed by atoms with Crippen LogP contribution in [-0.2, 0) is 11.3 Å². The minimum Gasteiger partial charge on any atom is -0.368 e. The number of benzene rings is 1. The van der Waals surface area contributed by atoms with E-state index in [0.717, 1.165) is 30.8 Å². The average Bonchev–Trinajstić information content (AvgIpc) is 2.67. The fraction of sp³-hybridized carbons (Fsp3) is 0.278. The predicted octanol–water partition coefficient (Wildman–Crippen LogP) is 1.43. The highest BCUT2D eigenvalue weighted by Crippen LogP contribution is 2.16. The van der Waals surface area contributed by atoms with Crippen LogP contribution in [0, 0.1) is 5.82 Å². The van der Waals surface area contributed by atoms with Crippen molar-refractivity contribution in [2.45, 2.75) is 6.54 Å². The molecule has 2 heterocycles. The molecule has 0 aliphatic carbocycles. The molecule has 0 saturated carbocycles. The SMILES string of the molecule is O=CN1CCN(c2ccnc(C(=O)NCc3ccc(F)cc3)c2)CC1. The smallest absolute Gasteiger partial charge is 0.270 e. The Kier molecular flexibility index (Phi) is 5.23. The van der Waals surface area contributed by atoms with E-state index >= 15 is 0 Å². The van der Waals surface area contributed by atoms with Crippen molar-refractivity contribution < 1.29 is 14.0 Å². The van der Waals surface area contributed by atoms with Crippen LogP contribution < -0.4 is 10.2 Å². The first-order valence-corrected chi connectivity index (χ1v) is 8.09. The summed E-state index contributed by atoms with van der Waals surface area (Å²) < 4.78 is 12.9. The number of nitrogens with one attached hydrogen (secondary N) is 1. The second-order valence-corrected chi connectivity index (χ2v) is 5.84. The molecule has 0 radical (unpaired) electrons. The molecule has 2 aromatic rings. The molecule has 0 unspecified atom stereocenters. The Balaban J connectivity index is 1.61. The molecule has 1 saturated heterocycles. The Morgan fingerprint density at radius 2 is 1.88 bits per heavy atom. The fourth-order valence-corrected chi connectivity index (χ4v) is 2.70. The molecule has 2 amide bonds. The van der Waals surface area contributed by atoms with Gasteiger partial charge >= 0.3 is 0 Å². The van der Waals surface area contributed by atoms with Crippen molar-refractivity contribution in [3.63, 3.8) is 0 Å². The van der Waals surface area contributed by atoms with Gasteiger partial charge in [-0.15, -0.1) is 0 Å². The van der Waals surface area contributed by atoms with Gasteiger partial charge in [0.2, 0.25) is 6.41 Å². The van der Waals surface area contributed by atoms with Crippen molar-refractivity contribution in [2.24, 2.45) is 0 Å². The van der Waals surface area contributed by atoms with E-state index in [-0.39, 0.29) is 11.7 Å². The largest absolute Gasteiger partial charge is 0.368 e. The van der Waals surface area contributed by atoms with E-state index in [2.05, 4.69) is 15.2 Å². The minimum absolute atomic E-state index is 0.280. The van der Waals surface area contributed by atoms with Crippen LogP contribution in [0.15, 0.2) is 42.6 Å². The summed E-state index contributed by atoms with van der Waals surface area (Å²) in [5, 5.41) is 2.78. The topological polar surface area (TPSA) is 65.5 Å². The van der Waals surface area contributed by atoms with Crippen LogP contribution in [-0.4, -0.2) is 48.4 Å². The fourth-order valence-electron chi connectivity index (χ4n) is 2.70. The molecule has 1 fully saturated rings. The zero-order valence-electron chi connectivity index (χ0n) is 13.7. The lowest BCUT2D eigenvalue weighted by atomic mass is 10.2. The summed E-state index contributed by atoms with van der Waals surface area (Å²) in [6.45, 7) is 3.08. The standard InChI is InChI=1S/C18H19FN4O2/c19-15-3-1-14(2-4-15)12-21-18(25)17-11-16(5-6-20-17)23-9-7-22(13-24)8-10-23/h1-6,11,13H,7-10,12H2,(H,21,25). The summed E-state index contributed by atoms with van der Waals surface area (Å²) in [6.07, 6.45) is 2.46. The number of halogens is 1. The van der Waals surface area contributed by atoms with Crippen LogP contribution in [0.3, 0.4) is 0 Å². The molecule has 1 N–H and O–H groups in total. The van der Waals surface area contributed by atoms with Gasteiger partial charge in [-0.25, -0.2) is 4.39 Å². The third-order valence-corrected chi connectivity index (χ3v) is 4.17. The number of nitrogens with zero attached hydrogens (tertiary/aromatic N) is 3. The van der Waals surface area contributed by atoms with Gasteiger partial charge < -0.3 is 15.1 Å². The van der Waals surface area contributed by atoms with Crippen molar-refractivity contribution in [1.29, 1.82) is 0 Å². The molecule has 0 spiro atoms. The summed E-state index contributed by atoms with van der Waals surface area (Å²) in [5.41, 5.74) is 2.06. The van der Waals surface area contributed by atoms with Gasteiger partial charge in [0.1, 0.15) is 11.5 Å². The third-order valence-electron chi connectivity index (χ3n) is 4.17. The van der Waals surface area contributed by atoms with E-state index in [1.807, 2.05) is 6.07 Å². The first-order chi connectivity index (χ1) is 12.2. The molecule has 7 heteroatoms. The number of rotatable bonds is 5. The van der Waals surface area contributed by atoms with Crippen LogP contribution in [0.25, 0.3) is 0 Å². The minimum atomic E-state index is -0.306. The Bertz CT molecular complexity index is 743. The molecule has 3 rings (SSSR count). The summed E-state index contributed by atoms with van der Waals surface area (Å²) in [5.74, 6) is -0.586. The molecule has 6 nitrogen and oxygen atoms in total. The lowest BCUT2D eigenvalue weighted by Crippen LogP contribution is -2.45. The zero-order valence-corrected chi connectivity index (χ0v) is 13.7. The predicted molar refractivity (Wildman–Crippen MR) is 91.7 cm³/mol. The molecule has 25 heavy (non-hydrogen) atoms. The second kappa shape index (κ2) is 7.74.